The molecule has 2 amide bonds. The van der Waals surface area contributed by atoms with Crippen LogP contribution in [0.15, 0.2) is 47.1 Å². The van der Waals surface area contributed by atoms with Gasteiger partial charge in [0.2, 0.25) is 11.8 Å². The Morgan fingerprint density at radius 3 is 2.53 bits per heavy atom. The van der Waals surface area contributed by atoms with Gasteiger partial charge in [-0.15, -0.1) is 0 Å². The summed E-state index contributed by atoms with van der Waals surface area (Å²) in [6, 6.07) is 9.61. The Labute approximate surface area is 173 Å². The third kappa shape index (κ3) is 4.75. The molecule has 2 heterocycles. The molecule has 0 spiro atoms. The number of hydrogen-bond acceptors (Lipinski definition) is 7. The van der Waals surface area contributed by atoms with Crippen LogP contribution in [0.25, 0.3) is 0 Å². The van der Waals surface area contributed by atoms with Crippen molar-refractivity contribution in [2.45, 2.75) is 26.2 Å². The Morgan fingerprint density at radius 1 is 1.13 bits per heavy atom. The average molecular weight is 409 g/mol. The summed E-state index contributed by atoms with van der Waals surface area (Å²) >= 11 is 0. The molecule has 4 N–H and O–H groups in total. The quantitative estimate of drug-likeness (QED) is 0.568. The van der Waals surface area contributed by atoms with Crippen LogP contribution in [0, 0.1) is 0 Å². The highest BCUT2D eigenvalue weighted by Crippen LogP contribution is 2.34. The molecule has 2 aromatic heterocycles. The van der Waals surface area contributed by atoms with Gasteiger partial charge in [-0.2, -0.15) is 0 Å². The van der Waals surface area contributed by atoms with Gasteiger partial charge in [-0.1, -0.05) is 25.9 Å². The minimum atomic E-state index is -0.595. The van der Waals surface area contributed by atoms with Crippen molar-refractivity contribution < 1.29 is 18.8 Å². The number of aromatic nitrogens is 2. The number of ether oxygens (including phenoxy) is 1. The van der Waals surface area contributed by atoms with Crippen molar-refractivity contribution in [2.24, 2.45) is 5.73 Å². The first-order valence-corrected chi connectivity index (χ1v) is 9.21. The standard InChI is InChI=1S/C21H23N5O4/c1-21(2,3)17-11-18(30-26-17)25-14-6-5-12(19(22)27)9-16(14)29-13-7-8-24-15(10-13)20(28)23-4/h5-11,25H,1-4H3,(H2,22,27)(H,23,28). The number of nitrogens with zero attached hydrogens (tertiary/aromatic N) is 2. The molecule has 3 aromatic rings. The van der Waals surface area contributed by atoms with Gasteiger partial charge in [0.05, 0.1) is 11.4 Å². The van der Waals surface area contributed by atoms with Gasteiger partial charge >= 0.3 is 0 Å². The molecule has 0 aliphatic rings. The van der Waals surface area contributed by atoms with Crippen molar-refractivity contribution in [3.63, 3.8) is 0 Å². The van der Waals surface area contributed by atoms with E-state index in [2.05, 4.69) is 20.8 Å². The monoisotopic (exact) mass is 409 g/mol. The van der Waals surface area contributed by atoms with Crippen LogP contribution >= 0.6 is 0 Å². The number of nitrogens with two attached hydrogens (primary N) is 1. The van der Waals surface area contributed by atoms with E-state index in [0.29, 0.717) is 23.1 Å². The number of hydrogen-bond donors (Lipinski definition) is 3. The van der Waals surface area contributed by atoms with Crippen LogP contribution in [0.3, 0.4) is 0 Å². The largest absolute Gasteiger partial charge is 0.455 e. The third-order valence-electron chi connectivity index (χ3n) is 4.22. The SMILES string of the molecule is CNC(=O)c1cc(Oc2cc(C(N)=O)ccc2Nc2cc(C(C)(C)C)no2)ccn1. The van der Waals surface area contributed by atoms with Crippen LogP contribution < -0.4 is 21.1 Å². The third-order valence-corrected chi connectivity index (χ3v) is 4.22. The van der Waals surface area contributed by atoms with Crippen LogP contribution in [-0.4, -0.2) is 29.0 Å². The summed E-state index contributed by atoms with van der Waals surface area (Å²) < 4.78 is 11.3. The summed E-state index contributed by atoms with van der Waals surface area (Å²) in [5.41, 5.74) is 7.00. The summed E-state index contributed by atoms with van der Waals surface area (Å²) in [6.45, 7) is 6.08. The van der Waals surface area contributed by atoms with Crippen molar-refractivity contribution in [1.82, 2.24) is 15.5 Å². The smallest absolute Gasteiger partial charge is 0.269 e. The van der Waals surface area contributed by atoms with Crippen LogP contribution in [0.5, 0.6) is 11.5 Å². The number of pyridine rings is 1. The Morgan fingerprint density at radius 2 is 1.90 bits per heavy atom. The van der Waals surface area contributed by atoms with E-state index in [9.17, 15) is 9.59 Å². The first-order chi connectivity index (χ1) is 14.2. The second kappa shape index (κ2) is 8.24. The second-order valence-corrected chi connectivity index (χ2v) is 7.58. The minimum absolute atomic E-state index is 0.175. The van der Waals surface area contributed by atoms with Crippen molar-refractivity contribution in [1.29, 1.82) is 0 Å². The van der Waals surface area contributed by atoms with Gasteiger partial charge in [0.1, 0.15) is 11.4 Å². The molecule has 0 unspecified atom stereocenters. The summed E-state index contributed by atoms with van der Waals surface area (Å²) in [6.07, 6.45) is 1.46. The van der Waals surface area contributed by atoms with E-state index in [0.717, 1.165) is 5.69 Å². The van der Waals surface area contributed by atoms with Crippen molar-refractivity contribution in [3.05, 3.63) is 59.5 Å². The zero-order valence-electron chi connectivity index (χ0n) is 17.1. The summed E-state index contributed by atoms with van der Waals surface area (Å²) in [7, 11) is 1.51. The lowest BCUT2D eigenvalue weighted by molar-refractivity contribution is 0.0956. The van der Waals surface area contributed by atoms with Gasteiger partial charge in [0, 0.05) is 36.4 Å². The highest BCUT2D eigenvalue weighted by atomic mass is 16.5. The van der Waals surface area contributed by atoms with Crippen molar-refractivity contribution in [2.75, 3.05) is 12.4 Å². The van der Waals surface area contributed by atoms with Crippen LogP contribution in [0.4, 0.5) is 11.6 Å². The van der Waals surface area contributed by atoms with Crippen LogP contribution in [-0.2, 0) is 5.41 Å². The first-order valence-electron chi connectivity index (χ1n) is 9.21. The fraction of sp³-hybridized carbons (Fsp3) is 0.238. The van der Waals surface area contributed by atoms with E-state index >= 15 is 0 Å². The Kier molecular flexibility index (Phi) is 5.72. The molecule has 9 nitrogen and oxygen atoms in total. The van der Waals surface area contributed by atoms with Crippen LogP contribution in [0.1, 0.15) is 47.3 Å². The van der Waals surface area contributed by atoms with Crippen molar-refractivity contribution in [3.8, 4) is 11.5 Å². The second-order valence-electron chi connectivity index (χ2n) is 7.58. The molecule has 0 radical (unpaired) electrons. The molecule has 156 valence electrons. The number of carbonyl (C=O) groups is 2. The predicted octanol–water partition coefficient (Wildman–Crippen LogP) is 3.36. The van der Waals surface area contributed by atoms with Gasteiger partial charge in [-0.25, -0.2) is 0 Å². The summed E-state index contributed by atoms with van der Waals surface area (Å²) in [4.78, 5) is 27.5. The highest BCUT2D eigenvalue weighted by Gasteiger charge is 2.20. The molecule has 1 aromatic carbocycles. The van der Waals surface area contributed by atoms with Gasteiger partial charge in [-0.3, -0.25) is 14.6 Å². The van der Waals surface area contributed by atoms with E-state index in [-0.39, 0.29) is 22.6 Å². The van der Waals surface area contributed by atoms with E-state index in [1.54, 1.807) is 24.3 Å². The number of rotatable bonds is 6. The first kappa shape index (κ1) is 20.8. The maximum absolute atomic E-state index is 11.8. The lowest BCUT2D eigenvalue weighted by Gasteiger charge is -2.13. The zero-order valence-corrected chi connectivity index (χ0v) is 17.1. The Balaban J connectivity index is 1.94. The number of nitrogens with one attached hydrogen (secondary N) is 2. The molecule has 0 atom stereocenters. The summed E-state index contributed by atoms with van der Waals surface area (Å²) in [5.74, 6) is 0.149. The van der Waals surface area contributed by atoms with Crippen LogP contribution in [0.2, 0.25) is 0 Å². The van der Waals surface area contributed by atoms with E-state index in [4.69, 9.17) is 15.0 Å². The molecule has 30 heavy (non-hydrogen) atoms. The molecule has 0 aliphatic carbocycles. The average Bonchev–Trinajstić information content (AvgIpc) is 3.18. The van der Waals surface area contributed by atoms with Gasteiger partial charge in [-0.05, 0) is 24.3 Å². The maximum Gasteiger partial charge on any atom is 0.269 e. The van der Waals surface area contributed by atoms with Crippen molar-refractivity contribution >= 4 is 23.4 Å². The number of amides is 2. The molecule has 0 saturated carbocycles. The fourth-order valence-electron chi connectivity index (χ4n) is 2.54. The lowest BCUT2D eigenvalue weighted by Crippen LogP contribution is -2.19. The summed E-state index contributed by atoms with van der Waals surface area (Å²) in [5, 5.41) is 9.68. The van der Waals surface area contributed by atoms with Gasteiger partial charge < -0.3 is 25.6 Å². The molecule has 0 fully saturated rings. The predicted molar refractivity (Wildman–Crippen MR) is 111 cm³/mol. The number of benzene rings is 1. The Hall–Kier alpha value is -3.88. The van der Waals surface area contributed by atoms with E-state index < -0.39 is 5.91 Å². The van der Waals surface area contributed by atoms with E-state index in [1.165, 1.54) is 25.4 Å². The Bertz CT molecular complexity index is 1080. The maximum atomic E-state index is 11.8. The molecule has 0 bridgehead atoms. The molecule has 3 rings (SSSR count). The zero-order chi connectivity index (χ0) is 21.9. The van der Waals surface area contributed by atoms with Gasteiger partial charge in [0.25, 0.3) is 5.91 Å². The number of primary amides is 1. The van der Waals surface area contributed by atoms with E-state index in [1.807, 2.05) is 20.8 Å². The van der Waals surface area contributed by atoms with Gasteiger partial charge in [0.15, 0.2) is 5.75 Å². The molecular weight excluding hydrogens is 386 g/mol. The topological polar surface area (TPSA) is 132 Å². The highest BCUT2D eigenvalue weighted by molar-refractivity contribution is 5.94. The molecule has 0 saturated heterocycles. The number of anilines is 2. The molecule has 9 heteroatoms. The lowest BCUT2D eigenvalue weighted by atomic mass is 9.92. The minimum Gasteiger partial charge on any atom is -0.455 e. The normalized spacial score (nSPS) is 11.1. The molecular formula is C21H23N5O4. The fourth-order valence-corrected chi connectivity index (χ4v) is 2.54. The number of carbonyl (C=O) groups excluding carboxylic acids is 2. The molecule has 0 aliphatic heterocycles.